The van der Waals surface area contributed by atoms with Crippen molar-refractivity contribution in [2.75, 3.05) is 11.4 Å². The highest BCUT2D eigenvalue weighted by molar-refractivity contribution is 5.85. The summed E-state index contributed by atoms with van der Waals surface area (Å²) >= 11 is 0. The number of hydrogen-bond donors (Lipinski definition) is 1. The maximum absolute atomic E-state index is 13.7. The summed E-state index contributed by atoms with van der Waals surface area (Å²) in [7, 11) is 0. The molecule has 1 heterocycles. The van der Waals surface area contributed by atoms with Gasteiger partial charge >= 0.3 is 11.7 Å². The second-order valence-electron chi connectivity index (χ2n) is 5.05. The number of para-hydroxylation sites is 1. The number of nitro benzene ring substituents is 1. The quantitative estimate of drug-likeness (QED) is 0.680. The predicted molar refractivity (Wildman–Crippen MR) is 70.3 cm³/mol. The highest BCUT2D eigenvalue weighted by Crippen LogP contribution is 2.39. The normalized spacial score (nSPS) is 22.6. The van der Waals surface area contributed by atoms with Crippen molar-refractivity contribution in [1.29, 1.82) is 0 Å². The van der Waals surface area contributed by atoms with Gasteiger partial charge in [-0.15, -0.1) is 0 Å². The Bertz CT molecular complexity index is 563. The summed E-state index contributed by atoms with van der Waals surface area (Å²) in [4.78, 5) is 23.2. The molecule has 0 radical (unpaired) electrons. The van der Waals surface area contributed by atoms with Gasteiger partial charge < -0.3 is 10.0 Å². The number of benzene rings is 1. The molecule has 1 fully saturated rings. The molecule has 1 aromatic rings. The van der Waals surface area contributed by atoms with Gasteiger partial charge in [-0.3, -0.25) is 10.1 Å². The molecule has 1 aliphatic rings. The smallest absolute Gasteiger partial charge is 0.329 e. The number of carbonyl (C=O) groups is 1. The van der Waals surface area contributed by atoms with Crippen LogP contribution >= 0.6 is 0 Å². The SMILES string of the molecule is CC1(C(=O)O)CCCCN1c1cccc(F)c1[N+](=O)[O-]. The number of nitro groups is 1. The molecule has 6 nitrogen and oxygen atoms in total. The minimum absolute atomic E-state index is 0.0274. The molecule has 20 heavy (non-hydrogen) atoms. The summed E-state index contributed by atoms with van der Waals surface area (Å²) in [6.07, 6.45) is 1.81. The number of hydrogen-bond acceptors (Lipinski definition) is 4. The molecular weight excluding hydrogens is 267 g/mol. The first-order valence-corrected chi connectivity index (χ1v) is 6.32. The number of nitrogens with zero attached hydrogens (tertiary/aromatic N) is 2. The molecule has 1 N–H and O–H groups in total. The van der Waals surface area contributed by atoms with Crippen LogP contribution in [0.15, 0.2) is 18.2 Å². The second-order valence-corrected chi connectivity index (χ2v) is 5.05. The average Bonchev–Trinajstić information content (AvgIpc) is 2.38. The van der Waals surface area contributed by atoms with Crippen LogP contribution in [0.1, 0.15) is 26.2 Å². The van der Waals surface area contributed by atoms with Gasteiger partial charge in [-0.1, -0.05) is 6.07 Å². The lowest BCUT2D eigenvalue weighted by molar-refractivity contribution is -0.386. The van der Waals surface area contributed by atoms with Gasteiger partial charge in [-0.2, -0.15) is 4.39 Å². The summed E-state index contributed by atoms with van der Waals surface area (Å²) < 4.78 is 13.7. The van der Waals surface area contributed by atoms with E-state index in [2.05, 4.69) is 0 Å². The fraction of sp³-hybridized carbons (Fsp3) is 0.462. The van der Waals surface area contributed by atoms with Gasteiger partial charge in [0.05, 0.1) is 4.92 Å². The minimum Gasteiger partial charge on any atom is -0.480 e. The first kappa shape index (κ1) is 14.2. The van der Waals surface area contributed by atoms with Crippen LogP contribution in [0.4, 0.5) is 15.8 Å². The Morgan fingerprint density at radius 3 is 2.80 bits per heavy atom. The summed E-state index contributed by atoms with van der Waals surface area (Å²) in [6.45, 7) is 1.87. The standard InChI is InChI=1S/C13H15FN2O4/c1-13(12(17)18)7-2-3-8-15(13)10-6-4-5-9(14)11(10)16(19)20/h4-6H,2-3,7-8H2,1H3,(H,17,18). The van der Waals surface area contributed by atoms with Crippen LogP contribution in [-0.4, -0.2) is 28.1 Å². The Kier molecular flexibility index (Phi) is 3.61. The molecular formula is C13H15FN2O4. The molecule has 0 amide bonds. The Labute approximate surface area is 115 Å². The van der Waals surface area contributed by atoms with Crippen molar-refractivity contribution in [1.82, 2.24) is 0 Å². The largest absolute Gasteiger partial charge is 0.480 e. The number of halogens is 1. The lowest BCUT2D eigenvalue weighted by Crippen LogP contribution is -2.55. The van der Waals surface area contributed by atoms with Crippen LogP contribution in [0, 0.1) is 15.9 Å². The maximum atomic E-state index is 13.7. The van der Waals surface area contributed by atoms with E-state index in [4.69, 9.17) is 0 Å². The van der Waals surface area contributed by atoms with E-state index < -0.39 is 27.9 Å². The van der Waals surface area contributed by atoms with E-state index in [0.717, 1.165) is 18.9 Å². The molecule has 7 heteroatoms. The molecule has 1 saturated heterocycles. The molecule has 0 spiro atoms. The zero-order chi connectivity index (χ0) is 14.9. The van der Waals surface area contributed by atoms with Crippen molar-refractivity contribution in [3.05, 3.63) is 34.1 Å². The highest BCUT2D eigenvalue weighted by atomic mass is 19.1. The molecule has 0 aromatic heterocycles. The van der Waals surface area contributed by atoms with Gasteiger partial charge in [-0.25, -0.2) is 4.79 Å². The van der Waals surface area contributed by atoms with Gasteiger partial charge in [-0.05, 0) is 38.3 Å². The van der Waals surface area contributed by atoms with Gasteiger partial charge in [0.1, 0.15) is 11.2 Å². The Morgan fingerprint density at radius 2 is 2.20 bits per heavy atom. The first-order valence-electron chi connectivity index (χ1n) is 6.32. The van der Waals surface area contributed by atoms with Crippen LogP contribution < -0.4 is 4.90 Å². The van der Waals surface area contributed by atoms with Crippen LogP contribution in [0.25, 0.3) is 0 Å². The van der Waals surface area contributed by atoms with E-state index in [9.17, 15) is 24.4 Å². The van der Waals surface area contributed by atoms with E-state index in [0.29, 0.717) is 13.0 Å². The van der Waals surface area contributed by atoms with E-state index >= 15 is 0 Å². The lowest BCUT2D eigenvalue weighted by Gasteiger charge is -2.42. The van der Waals surface area contributed by atoms with Crippen molar-refractivity contribution in [3.8, 4) is 0 Å². The number of anilines is 1. The monoisotopic (exact) mass is 282 g/mol. The van der Waals surface area contributed by atoms with Gasteiger partial charge in [0.2, 0.25) is 5.82 Å². The van der Waals surface area contributed by atoms with Crippen molar-refractivity contribution in [3.63, 3.8) is 0 Å². The predicted octanol–water partition coefficient (Wildman–Crippen LogP) is 2.57. The second kappa shape index (κ2) is 5.07. The summed E-state index contributed by atoms with van der Waals surface area (Å²) in [5.74, 6) is -2.01. The molecule has 1 atom stereocenters. The third-order valence-electron chi connectivity index (χ3n) is 3.79. The van der Waals surface area contributed by atoms with Gasteiger partial charge in [0.15, 0.2) is 0 Å². The number of aliphatic carboxylic acids is 1. The van der Waals surface area contributed by atoms with Crippen molar-refractivity contribution in [2.45, 2.75) is 31.7 Å². The molecule has 108 valence electrons. The van der Waals surface area contributed by atoms with Crippen LogP contribution in [0.3, 0.4) is 0 Å². The molecule has 0 bridgehead atoms. The fourth-order valence-corrected chi connectivity index (χ4v) is 2.63. The zero-order valence-electron chi connectivity index (χ0n) is 11.0. The number of rotatable bonds is 3. The molecule has 1 unspecified atom stereocenters. The number of piperidine rings is 1. The Balaban J connectivity index is 2.57. The highest BCUT2D eigenvalue weighted by Gasteiger charge is 2.44. The summed E-state index contributed by atoms with van der Waals surface area (Å²) in [6, 6.07) is 3.76. The van der Waals surface area contributed by atoms with Gasteiger partial charge in [0, 0.05) is 6.54 Å². The minimum atomic E-state index is -1.25. The van der Waals surface area contributed by atoms with E-state index in [-0.39, 0.29) is 5.69 Å². The van der Waals surface area contributed by atoms with Crippen molar-refractivity contribution < 1.29 is 19.2 Å². The summed E-state index contributed by atoms with van der Waals surface area (Å²) in [5.41, 5.74) is -1.89. The molecule has 1 aromatic carbocycles. The summed E-state index contributed by atoms with van der Waals surface area (Å²) in [5, 5.41) is 20.5. The number of carboxylic acid groups (broad SMARTS) is 1. The third kappa shape index (κ3) is 2.19. The Hall–Kier alpha value is -2.18. The average molecular weight is 282 g/mol. The first-order chi connectivity index (χ1) is 9.38. The van der Waals surface area contributed by atoms with Gasteiger partial charge in [0.25, 0.3) is 0 Å². The molecule has 0 saturated carbocycles. The Morgan fingerprint density at radius 1 is 1.50 bits per heavy atom. The zero-order valence-corrected chi connectivity index (χ0v) is 11.0. The fourth-order valence-electron chi connectivity index (χ4n) is 2.63. The van der Waals surface area contributed by atoms with E-state index in [1.54, 1.807) is 0 Å². The van der Waals surface area contributed by atoms with Crippen LogP contribution in [0.2, 0.25) is 0 Å². The molecule has 2 rings (SSSR count). The third-order valence-corrected chi connectivity index (χ3v) is 3.79. The van der Waals surface area contributed by atoms with E-state index in [1.807, 2.05) is 0 Å². The van der Waals surface area contributed by atoms with Crippen molar-refractivity contribution in [2.24, 2.45) is 0 Å². The molecule has 1 aliphatic heterocycles. The topological polar surface area (TPSA) is 83.7 Å². The lowest BCUT2D eigenvalue weighted by atomic mass is 9.87. The van der Waals surface area contributed by atoms with Crippen LogP contribution in [0.5, 0.6) is 0 Å². The molecule has 0 aliphatic carbocycles. The van der Waals surface area contributed by atoms with Crippen molar-refractivity contribution >= 4 is 17.3 Å². The number of carboxylic acids is 1. The van der Waals surface area contributed by atoms with E-state index in [1.165, 1.54) is 24.0 Å². The van der Waals surface area contributed by atoms with Crippen LogP contribution in [-0.2, 0) is 4.79 Å². The maximum Gasteiger partial charge on any atom is 0.329 e.